The molecule has 106 valence electrons. The van der Waals surface area contributed by atoms with Crippen LogP contribution in [0, 0.1) is 5.92 Å². The van der Waals surface area contributed by atoms with E-state index in [4.69, 9.17) is 0 Å². The Morgan fingerprint density at radius 3 is 2.26 bits per heavy atom. The molecule has 0 aliphatic carbocycles. The molecule has 0 aliphatic heterocycles. The van der Waals surface area contributed by atoms with Crippen molar-refractivity contribution in [3.05, 3.63) is 35.9 Å². The summed E-state index contributed by atoms with van der Waals surface area (Å²) in [6, 6.07) is 10.2. The second-order valence-corrected chi connectivity index (χ2v) is 5.58. The molecule has 0 aliphatic rings. The summed E-state index contributed by atoms with van der Waals surface area (Å²) in [5.41, 5.74) is 1.30. The maximum atomic E-state index is 11.8. The fraction of sp³-hybridized carbons (Fsp3) is 0.562. The number of benzene rings is 1. The first-order chi connectivity index (χ1) is 9.00. The molecule has 0 fully saturated rings. The van der Waals surface area contributed by atoms with Crippen molar-refractivity contribution in [3.63, 3.8) is 0 Å². The monoisotopic (exact) mass is 262 g/mol. The molecule has 0 radical (unpaired) electrons. The van der Waals surface area contributed by atoms with E-state index in [1.165, 1.54) is 5.56 Å². The molecule has 2 atom stereocenters. The van der Waals surface area contributed by atoms with Crippen molar-refractivity contribution < 1.29 is 4.79 Å². The van der Waals surface area contributed by atoms with Crippen molar-refractivity contribution in [2.45, 2.75) is 39.7 Å². The van der Waals surface area contributed by atoms with E-state index in [0.717, 1.165) is 13.1 Å². The Morgan fingerprint density at radius 2 is 1.68 bits per heavy atom. The number of carbonyl (C=O) groups is 1. The van der Waals surface area contributed by atoms with Gasteiger partial charge in [-0.05, 0) is 24.3 Å². The van der Waals surface area contributed by atoms with E-state index in [9.17, 15) is 4.79 Å². The molecule has 1 aromatic rings. The third-order valence-corrected chi connectivity index (χ3v) is 3.18. The molecule has 2 N–H and O–H groups in total. The van der Waals surface area contributed by atoms with Gasteiger partial charge >= 0.3 is 0 Å². The van der Waals surface area contributed by atoms with Crippen LogP contribution in [-0.4, -0.2) is 25.0 Å². The predicted molar refractivity (Wildman–Crippen MR) is 80.2 cm³/mol. The first-order valence-electron chi connectivity index (χ1n) is 7.06. The van der Waals surface area contributed by atoms with E-state index < -0.39 is 0 Å². The van der Waals surface area contributed by atoms with Crippen molar-refractivity contribution in [2.75, 3.05) is 13.1 Å². The summed E-state index contributed by atoms with van der Waals surface area (Å²) in [5, 5.41) is 6.24. The summed E-state index contributed by atoms with van der Waals surface area (Å²) in [6.07, 6.45) is 0. The predicted octanol–water partition coefficient (Wildman–Crippen LogP) is 2.54. The lowest BCUT2D eigenvalue weighted by atomic mass is 10.0. The molecule has 0 saturated heterocycles. The Hall–Kier alpha value is -1.35. The van der Waals surface area contributed by atoms with E-state index in [1.54, 1.807) is 0 Å². The molecule has 1 rings (SSSR count). The van der Waals surface area contributed by atoms with Crippen LogP contribution in [0.1, 0.15) is 39.2 Å². The van der Waals surface area contributed by atoms with E-state index >= 15 is 0 Å². The van der Waals surface area contributed by atoms with Gasteiger partial charge in [0.25, 0.3) is 0 Å². The first-order valence-corrected chi connectivity index (χ1v) is 7.06. The Morgan fingerprint density at radius 1 is 1.05 bits per heavy atom. The van der Waals surface area contributed by atoms with Crippen molar-refractivity contribution in [2.24, 2.45) is 5.92 Å². The third kappa shape index (κ3) is 5.88. The lowest BCUT2D eigenvalue weighted by Gasteiger charge is -2.18. The quantitative estimate of drug-likeness (QED) is 0.793. The number of hydrogen-bond acceptors (Lipinski definition) is 2. The van der Waals surface area contributed by atoms with Gasteiger partial charge in [0, 0.05) is 13.1 Å². The standard InChI is InChI=1S/C16H26N2O/c1-12(2)10-18-16(19)14(4)17-11-13(3)15-8-6-5-7-9-15/h5-9,12-14,17H,10-11H2,1-4H3,(H,18,19). The number of rotatable bonds is 7. The first kappa shape index (κ1) is 15.7. The molecule has 3 nitrogen and oxygen atoms in total. The van der Waals surface area contributed by atoms with Gasteiger partial charge < -0.3 is 10.6 Å². The van der Waals surface area contributed by atoms with Crippen molar-refractivity contribution in [1.29, 1.82) is 0 Å². The number of carbonyl (C=O) groups excluding carboxylic acids is 1. The molecular formula is C16H26N2O. The van der Waals surface area contributed by atoms with E-state index in [1.807, 2.05) is 25.1 Å². The highest BCUT2D eigenvalue weighted by molar-refractivity contribution is 5.81. The Balaban J connectivity index is 2.33. The summed E-state index contributed by atoms with van der Waals surface area (Å²) in [4.78, 5) is 11.8. The van der Waals surface area contributed by atoms with Gasteiger partial charge in [-0.2, -0.15) is 0 Å². The Kier molecular flexibility index (Phi) is 6.57. The van der Waals surface area contributed by atoms with Gasteiger partial charge in [-0.1, -0.05) is 51.1 Å². The number of nitrogens with one attached hydrogen (secondary N) is 2. The minimum Gasteiger partial charge on any atom is -0.354 e. The molecule has 1 amide bonds. The van der Waals surface area contributed by atoms with Crippen LogP contribution in [0.15, 0.2) is 30.3 Å². The third-order valence-electron chi connectivity index (χ3n) is 3.18. The van der Waals surface area contributed by atoms with Crippen LogP contribution in [0.25, 0.3) is 0 Å². The van der Waals surface area contributed by atoms with Gasteiger partial charge in [-0.3, -0.25) is 4.79 Å². The molecular weight excluding hydrogens is 236 g/mol. The van der Waals surface area contributed by atoms with Gasteiger partial charge in [0.2, 0.25) is 5.91 Å². The zero-order chi connectivity index (χ0) is 14.3. The van der Waals surface area contributed by atoms with Crippen LogP contribution in [0.4, 0.5) is 0 Å². The topological polar surface area (TPSA) is 41.1 Å². The molecule has 2 unspecified atom stereocenters. The molecule has 0 heterocycles. The van der Waals surface area contributed by atoms with E-state index in [-0.39, 0.29) is 11.9 Å². The van der Waals surface area contributed by atoms with E-state index in [2.05, 4.69) is 43.5 Å². The molecule has 0 bridgehead atoms. The largest absolute Gasteiger partial charge is 0.354 e. The summed E-state index contributed by atoms with van der Waals surface area (Å²) in [5.74, 6) is 0.968. The lowest BCUT2D eigenvalue weighted by Crippen LogP contribution is -2.44. The number of amides is 1. The van der Waals surface area contributed by atoms with Crippen LogP contribution in [0.5, 0.6) is 0 Å². The highest BCUT2D eigenvalue weighted by Gasteiger charge is 2.13. The smallest absolute Gasteiger partial charge is 0.236 e. The second kappa shape index (κ2) is 7.95. The van der Waals surface area contributed by atoms with E-state index in [0.29, 0.717) is 11.8 Å². The van der Waals surface area contributed by atoms with Crippen molar-refractivity contribution >= 4 is 5.91 Å². The average Bonchev–Trinajstić information content (AvgIpc) is 2.42. The van der Waals surface area contributed by atoms with Crippen LogP contribution in [-0.2, 0) is 4.79 Å². The fourth-order valence-corrected chi connectivity index (χ4v) is 1.80. The Bertz CT molecular complexity index is 376. The summed E-state index contributed by atoms with van der Waals surface area (Å²) in [7, 11) is 0. The lowest BCUT2D eigenvalue weighted by molar-refractivity contribution is -0.122. The SMILES string of the molecule is CC(C)CNC(=O)C(C)NCC(C)c1ccccc1. The molecule has 0 saturated carbocycles. The zero-order valence-electron chi connectivity index (χ0n) is 12.4. The maximum Gasteiger partial charge on any atom is 0.236 e. The minimum atomic E-state index is -0.148. The molecule has 19 heavy (non-hydrogen) atoms. The average molecular weight is 262 g/mol. The summed E-state index contributed by atoms with van der Waals surface area (Å²) < 4.78 is 0. The highest BCUT2D eigenvalue weighted by atomic mass is 16.2. The fourth-order valence-electron chi connectivity index (χ4n) is 1.80. The van der Waals surface area contributed by atoms with Gasteiger partial charge in [-0.25, -0.2) is 0 Å². The van der Waals surface area contributed by atoms with Crippen LogP contribution < -0.4 is 10.6 Å². The summed E-state index contributed by atoms with van der Waals surface area (Å²) >= 11 is 0. The van der Waals surface area contributed by atoms with Gasteiger partial charge in [0.05, 0.1) is 6.04 Å². The van der Waals surface area contributed by atoms with Gasteiger partial charge in [0.1, 0.15) is 0 Å². The second-order valence-electron chi connectivity index (χ2n) is 5.58. The number of hydrogen-bond donors (Lipinski definition) is 2. The Labute approximate surface area is 116 Å². The van der Waals surface area contributed by atoms with Crippen molar-refractivity contribution in [3.8, 4) is 0 Å². The van der Waals surface area contributed by atoms with Gasteiger partial charge in [0.15, 0.2) is 0 Å². The molecule has 0 spiro atoms. The minimum absolute atomic E-state index is 0.0777. The normalized spacial score (nSPS) is 14.2. The van der Waals surface area contributed by atoms with Gasteiger partial charge in [-0.15, -0.1) is 0 Å². The zero-order valence-corrected chi connectivity index (χ0v) is 12.4. The van der Waals surface area contributed by atoms with Crippen LogP contribution in [0.2, 0.25) is 0 Å². The van der Waals surface area contributed by atoms with Crippen LogP contribution in [0.3, 0.4) is 0 Å². The highest BCUT2D eigenvalue weighted by Crippen LogP contribution is 2.13. The van der Waals surface area contributed by atoms with Crippen molar-refractivity contribution in [1.82, 2.24) is 10.6 Å². The maximum absolute atomic E-state index is 11.8. The molecule has 0 aromatic heterocycles. The summed E-state index contributed by atoms with van der Waals surface area (Å²) in [6.45, 7) is 9.81. The molecule has 1 aromatic carbocycles. The molecule has 3 heteroatoms. The van der Waals surface area contributed by atoms with Crippen LogP contribution >= 0.6 is 0 Å².